The number of carbonyl (C=O) groups is 2. The highest BCUT2D eigenvalue weighted by atomic mass is 16.3. The fourth-order valence-corrected chi connectivity index (χ4v) is 6.15. The predicted octanol–water partition coefficient (Wildman–Crippen LogP) is 3.21. The molecule has 160 valence electrons. The first-order chi connectivity index (χ1) is 13.2. The average molecular weight is 393 g/mol. The van der Waals surface area contributed by atoms with Crippen LogP contribution in [0.3, 0.4) is 0 Å². The predicted molar refractivity (Wildman–Crippen MR) is 110 cm³/mol. The van der Waals surface area contributed by atoms with Crippen LogP contribution in [-0.4, -0.2) is 47.1 Å². The van der Waals surface area contributed by atoms with Gasteiger partial charge in [0, 0.05) is 31.0 Å². The van der Waals surface area contributed by atoms with Crippen LogP contribution in [0.15, 0.2) is 0 Å². The van der Waals surface area contributed by atoms with Crippen molar-refractivity contribution in [3.8, 4) is 0 Å². The number of amides is 2. The molecule has 0 aliphatic heterocycles. The number of hydrogen-bond acceptors (Lipinski definition) is 3. The summed E-state index contributed by atoms with van der Waals surface area (Å²) in [7, 11) is 0. The molecule has 5 nitrogen and oxygen atoms in total. The van der Waals surface area contributed by atoms with E-state index < -0.39 is 6.10 Å². The maximum atomic E-state index is 12.9. The van der Waals surface area contributed by atoms with Crippen LogP contribution >= 0.6 is 0 Å². The Bertz CT molecular complexity index is 586. The number of carbonyl (C=O) groups excluding carboxylic acids is 2. The van der Waals surface area contributed by atoms with Gasteiger partial charge in [-0.1, -0.05) is 20.8 Å². The molecule has 3 saturated carbocycles. The van der Waals surface area contributed by atoms with Gasteiger partial charge in [0.05, 0.1) is 6.10 Å². The van der Waals surface area contributed by atoms with Crippen LogP contribution in [0.25, 0.3) is 0 Å². The molecule has 0 radical (unpaired) electrons. The van der Waals surface area contributed by atoms with Gasteiger partial charge in [-0.05, 0) is 75.5 Å². The highest BCUT2D eigenvalue weighted by molar-refractivity contribution is 5.81. The van der Waals surface area contributed by atoms with Gasteiger partial charge in [-0.15, -0.1) is 0 Å². The number of aliphatic hydroxyl groups excluding tert-OH is 1. The molecule has 0 aromatic heterocycles. The average Bonchev–Trinajstić information content (AvgIpc) is 3.50. The highest BCUT2D eigenvalue weighted by Crippen LogP contribution is 2.55. The number of nitrogens with one attached hydrogen (secondary N) is 1. The number of rotatable bonds is 6. The molecule has 2 N–H and O–H groups in total. The quantitative estimate of drug-likeness (QED) is 0.729. The Kier molecular flexibility index (Phi) is 6.43. The first kappa shape index (κ1) is 21.6. The molecule has 0 bridgehead atoms. The molecule has 3 aliphatic carbocycles. The number of fused-ring (bicyclic) bond motifs is 1. The fraction of sp³-hybridized carbons (Fsp3) is 0.913. The molecule has 7 atom stereocenters. The Hall–Kier alpha value is -1.10. The van der Waals surface area contributed by atoms with E-state index in [1.54, 1.807) is 0 Å². The van der Waals surface area contributed by atoms with Gasteiger partial charge in [0.2, 0.25) is 11.8 Å². The van der Waals surface area contributed by atoms with E-state index in [9.17, 15) is 14.7 Å². The summed E-state index contributed by atoms with van der Waals surface area (Å²) < 4.78 is 0. The Morgan fingerprint density at radius 1 is 1.14 bits per heavy atom. The Morgan fingerprint density at radius 2 is 1.75 bits per heavy atom. The second-order valence-electron chi connectivity index (χ2n) is 9.96. The van der Waals surface area contributed by atoms with Gasteiger partial charge in [0.1, 0.15) is 0 Å². The molecule has 0 unspecified atom stereocenters. The summed E-state index contributed by atoms with van der Waals surface area (Å²) in [6.07, 6.45) is 5.56. The third-order valence-corrected chi connectivity index (χ3v) is 8.27. The van der Waals surface area contributed by atoms with Gasteiger partial charge in [0.25, 0.3) is 0 Å². The van der Waals surface area contributed by atoms with Crippen molar-refractivity contribution < 1.29 is 14.7 Å². The van der Waals surface area contributed by atoms with Gasteiger partial charge in [0.15, 0.2) is 0 Å². The van der Waals surface area contributed by atoms with E-state index in [2.05, 4.69) is 19.2 Å². The van der Waals surface area contributed by atoms with Crippen LogP contribution in [0, 0.1) is 35.0 Å². The van der Waals surface area contributed by atoms with Gasteiger partial charge < -0.3 is 15.3 Å². The zero-order chi connectivity index (χ0) is 20.6. The lowest BCUT2D eigenvalue weighted by atomic mass is 9.51. The third-order valence-electron chi connectivity index (χ3n) is 8.27. The Labute approximate surface area is 170 Å². The molecule has 0 saturated heterocycles. The summed E-state index contributed by atoms with van der Waals surface area (Å²) in [4.78, 5) is 27.1. The summed E-state index contributed by atoms with van der Waals surface area (Å²) in [6, 6.07) is 0.147. The zero-order valence-electron chi connectivity index (χ0n) is 18.4. The molecule has 2 amide bonds. The molecule has 3 aliphatic rings. The van der Waals surface area contributed by atoms with E-state index in [0.29, 0.717) is 0 Å². The van der Waals surface area contributed by atoms with Crippen molar-refractivity contribution in [1.82, 2.24) is 10.2 Å². The minimum atomic E-state index is -0.483. The summed E-state index contributed by atoms with van der Waals surface area (Å²) in [5.74, 6) is 0.800. The molecule has 3 rings (SSSR count). The zero-order valence-corrected chi connectivity index (χ0v) is 18.4. The minimum Gasteiger partial charge on any atom is -0.392 e. The van der Waals surface area contributed by atoms with Crippen molar-refractivity contribution in [2.24, 2.45) is 35.0 Å². The van der Waals surface area contributed by atoms with Crippen molar-refractivity contribution in [1.29, 1.82) is 0 Å². The van der Waals surface area contributed by atoms with Gasteiger partial charge in [-0.25, -0.2) is 0 Å². The van der Waals surface area contributed by atoms with Crippen molar-refractivity contribution in [2.75, 3.05) is 13.1 Å². The lowest BCUT2D eigenvalue weighted by molar-refractivity contribution is -0.150. The van der Waals surface area contributed by atoms with Crippen LogP contribution in [0.2, 0.25) is 0 Å². The van der Waals surface area contributed by atoms with Gasteiger partial charge in [-0.2, -0.15) is 0 Å². The summed E-state index contributed by atoms with van der Waals surface area (Å²) in [6.45, 7) is 12.0. The Morgan fingerprint density at radius 3 is 2.32 bits per heavy atom. The van der Waals surface area contributed by atoms with Crippen molar-refractivity contribution in [3.05, 3.63) is 0 Å². The molecule has 5 heteroatoms. The van der Waals surface area contributed by atoms with E-state index in [4.69, 9.17) is 0 Å². The normalized spacial score (nSPS) is 39.0. The van der Waals surface area contributed by atoms with Crippen molar-refractivity contribution >= 4 is 11.8 Å². The molecule has 0 spiro atoms. The lowest BCUT2D eigenvalue weighted by Crippen LogP contribution is -2.58. The van der Waals surface area contributed by atoms with Gasteiger partial charge >= 0.3 is 0 Å². The molecule has 0 aromatic rings. The van der Waals surface area contributed by atoms with E-state index >= 15 is 0 Å². The first-order valence-corrected chi connectivity index (χ1v) is 11.5. The molecular weight excluding hydrogens is 352 g/mol. The number of hydrogen-bond donors (Lipinski definition) is 2. The van der Waals surface area contributed by atoms with E-state index in [1.165, 1.54) is 0 Å². The van der Waals surface area contributed by atoms with E-state index in [-0.39, 0.29) is 52.9 Å². The monoisotopic (exact) mass is 392 g/mol. The first-order valence-electron chi connectivity index (χ1n) is 11.5. The van der Waals surface area contributed by atoms with Crippen LogP contribution in [0.4, 0.5) is 0 Å². The highest BCUT2D eigenvalue weighted by Gasteiger charge is 2.54. The smallest absolute Gasteiger partial charge is 0.225 e. The third kappa shape index (κ3) is 3.96. The number of aliphatic hydroxyl groups is 1. The Balaban J connectivity index is 1.73. The molecule has 0 heterocycles. The van der Waals surface area contributed by atoms with Crippen LogP contribution in [0.5, 0.6) is 0 Å². The molecule has 3 fully saturated rings. The largest absolute Gasteiger partial charge is 0.392 e. The number of nitrogens with zero attached hydrogens (tertiary/aromatic N) is 1. The lowest BCUT2D eigenvalue weighted by Gasteiger charge is -2.56. The molecule has 28 heavy (non-hydrogen) atoms. The summed E-state index contributed by atoms with van der Waals surface area (Å²) in [5.41, 5.74) is 0.105. The fourth-order valence-electron chi connectivity index (χ4n) is 6.15. The van der Waals surface area contributed by atoms with Crippen molar-refractivity contribution in [3.63, 3.8) is 0 Å². The van der Waals surface area contributed by atoms with Crippen LogP contribution in [0.1, 0.15) is 73.1 Å². The van der Waals surface area contributed by atoms with Gasteiger partial charge in [-0.3, -0.25) is 9.59 Å². The maximum Gasteiger partial charge on any atom is 0.225 e. The summed E-state index contributed by atoms with van der Waals surface area (Å²) >= 11 is 0. The summed E-state index contributed by atoms with van der Waals surface area (Å²) in [5, 5.41) is 14.7. The van der Waals surface area contributed by atoms with E-state index in [0.717, 1.165) is 51.6 Å². The molecular formula is C23H40N2O3. The van der Waals surface area contributed by atoms with Crippen molar-refractivity contribution in [2.45, 2.75) is 85.3 Å². The standard InChI is InChI=1S/C23H40N2O3/c1-6-25(7-2)22(28)14(3)17-10-12-23(5)13-11-18(15(4)19(23)20(17)26)24-21(27)16-8-9-16/h14-20,26H,6-13H2,1-5H3,(H,24,27)/t14-,15+,17+,18-,19+,20-,23-/m0/s1. The SMILES string of the molecule is CCN(CC)C(=O)[C@@H](C)[C@H]1CC[C@@]2(C)CC[C@H](NC(=O)C3CC3)[C@@H](C)[C@@H]2[C@H]1O. The van der Waals surface area contributed by atoms with E-state index in [1.807, 2.05) is 25.7 Å². The maximum absolute atomic E-state index is 12.9. The second-order valence-corrected chi connectivity index (χ2v) is 9.96. The minimum absolute atomic E-state index is 0.00603. The topological polar surface area (TPSA) is 69.6 Å². The van der Waals surface area contributed by atoms with Crippen LogP contribution in [-0.2, 0) is 9.59 Å². The molecule has 0 aromatic carbocycles. The second kappa shape index (κ2) is 8.33. The van der Waals surface area contributed by atoms with Crippen LogP contribution < -0.4 is 5.32 Å².